The van der Waals surface area contributed by atoms with Gasteiger partial charge in [-0.3, -0.25) is 4.79 Å². The minimum atomic E-state index is -0.627. The van der Waals surface area contributed by atoms with Crippen molar-refractivity contribution in [2.45, 2.75) is 32.2 Å². The molecule has 0 saturated carbocycles. The van der Waals surface area contributed by atoms with Crippen LogP contribution in [0.5, 0.6) is 0 Å². The second-order valence-corrected chi connectivity index (χ2v) is 5.71. The molecule has 1 saturated heterocycles. The summed E-state index contributed by atoms with van der Waals surface area (Å²) < 4.78 is 19.3. The van der Waals surface area contributed by atoms with Gasteiger partial charge < -0.3 is 9.64 Å². The number of likely N-dealkylation sites (tertiary alicyclic amines) is 1. The molecule has 21 heavy (non-hydrogen) atoms. The lowest BCUT2D eigenvalue weighted by atomic mass is 10.0. The molecule has 6 heteroatoms. The highest BCUT2D eigenvalue weighted by Crippen LogP contribution is 2.26. The van der Waals surface area contributed by atoms with Crippen molar-refractivity contribution in [1.29, 1.82) is 0 Å². The zero-order valence-electron chi connectivity index (χ0n) is 11.8. The van der Waals surface area contributed by atoms with Crippen LogP contribution >= 0.6 is 15.9 Å². The summed E-state index contributed by atoms with van der Waals surface area (Å²) in [5.74, 6) is -1.49. The molecule has 4 nitrogen and oxygen atoms in total. The number of rotatable bonds is 3. The Morgan fingerprint density at radius 1 is 1.43 bits per heavy atom. The number of ether oxygens (including phenoxy) is 1. The van der Waals surface area contributed by atoms with Gasteiger partial charge in [-0.05, 0) is 54.2 Å². The summed E-state index contributed by atoms with van der Waals surface area (Å²) in [6.07, 6.45) is 2.20. The second-order valence-electron chi connectivity index (χ2n) is 4.86. The number of halogens is 2. The topological polar surface area (TPSA) is 46.6 Å². The van der Waals surface area contributed by atoms with Crippen molar-refractivity contribution in [3.8, 4) is 0 Å². The number of hydrogen-bond acceptors (Lipinski definition) is 3. The van der Waals surface area contributed by atoms with Gasteiger partial charge in [0.15, 0.2) is 0 Å². The fourth-order valence-corrected chi connectivity index (χ4v) is 3.02. The van der Waals surface area contributed by atoms with Crippen LogP contribution in [0.4, 0.5) is 4.39 Å². The van der Waals surface area contributed by atoms with E-state index in [1.54, 1.807) is 13.0 Å². The molecule has 1 aliphatic heterocycles. The summed E-state index contributed by atoms with van der Waals surface area (Å²) in [5.41, 5.74) is -0.0336. The normalized spacial score (nSPS) is 18.4. The fraction of sp³-hybridized carbons (Fsp3) is 0.467. The molecular formula is C15H17BrFNO3. The van der Waals surface area contributed by atoms with E-state index < -0.39 is 23.7 Å². The Labute approximate surface area is 131 Å². The zero-order valence-corrected chi connectivity index (χ0v) is 13.4. The molecule has 1 atom stereocenters. The molecule has 114 valence electrons. The molecule has 1 unspecified atom stereocenters. The first-order chi connectivity index (χ1) is 10.1. The third kappa shape index (κ3) is 3.43. The highest BCUT2D eigenvalue weighted by Gasteiger charge is 2.35. The molecule has 2 rings (SSSR count). The molecule has 0 aromatic heterocycles. The molecule has 0 radical (unpaired) electrons. The molecular weight excluding hydrogens is 341 g/mol. The summed E-state index contributed by atoms with van der Waals surface area (Å²) in [5, 5.41) is 0. The average Bonchev–Trinajstić information content (AvgIpc) is 2.47. The lowest BCUT2D eigenvalue weighted by Gasteiger charge is -2.34. The van der Waals surface area contributed by atoms with Gasteiger partial charge >= 0.3 is 5.97 Å². The molecule has 0 spiro atoms. The lowest BCUT2D eigenvalue weighted by Crippen LogP contribution is -2.49. The smallest absolute Gasteiger partial charge is 0.328 e. The van der Waals surface area contributed by atoms with Crippen molar-refractivity contribution in [2.24, 2.45) is 0 Å². The Kier molecular flexibility index (Phi) is 5.33. The Hall–Kier alpha value is -1.43. The predicted molar refractivity (Wildman–Crippen MR) is 79.4 cm³/mol. The first-order valence-electron chi connectivity index (χ1n) is 6.98. The first kappa shape index (κ1) is 15.9. The van der Waals surface area contributed by atoms with E-state index in [9.17, 15) is 14.0 Å². The zero-order chi connectivity index (χ0) is 15.4. The number of benzene rings is 1. The first-order valence-corrected chi connectivity index (χ1v) is 7.77. The van der Waals surface area contributed by atoms with Crippen molar-refractivity contribution in [3.63, 3.8) is 0 Å². The van der Waals surface area contributed by atoms with E-state index in [-0.39, 0.29) is 12.2 Å². The van der Waals surface area contributed by atoms with Gasteiger partial charge in [0.25, 0.3) is 5.91 Å². The standard InChI is InChI=1S/C15H17BrFNO3/c1-2-21-15(20)12-8-3-4-9-18(12)14(19)13-10(16)6-5-7-11(13)17/h5-7,12H,2-4,8-9H2,1H3. The van der Waals surface area contributed by atoms with Crippen LogP contribution in [-0.2, 0) is 9.53 Å². The molecule has 0 aliphatic carbocycles. The van der Waals surface area contributed by atoms with E-state index >= 15 is 0 Å². The van der Waals surface area contributed by atoms with Gasteiger partial charge in [-0.25, -0.2) is 9.18 Å². The molecule has 0 N–H and O–H groups in total. The van der Waals surface area contributed by atoms with Crippen LogP contribution in [0.2, 0.25) is 0 Å². The number of esters is 1. The van der Waals surface area contributed by atoms with Crippen molar-refractivity contribution in [3.05, 3.63) is 34.1 Å². The van der Waals surface area contributed by atoms with Crippen molar-refractivity contribution in [1.82, 2.24) is 4.90 Å². The van der Waals surface area contributed by atoms with Crippen LogP contribution in [0.25, 0.3) is 0 Å². The number of piperidine rings is 1. The van der Waals surface area contributed by atoms with Crippen LogP contribution in [-0.4, -0.2) is 36.0 Å². The minimum absolute atomic E-state index is 0.0336. The van der Waals surface area contributed by atoms with Crippen LogP contribution in [0, 0.1) is 5.82 Å². The van der Waals surface area contributed by atoms with E-state index in [4.69, 9.17) is 4.74 Å². The van der Waals surface area contributed by atoms with Gasteiger partial charge in [-0.2, -0.15) is 0 Å². The van der Waals surface area contributed by atoms with Crippen LogP contribution < -0.4 is 0 Å². The number of carbonyl (C=O) groups excluding carboxylic acids is 2. The molecule has 1 aromatic rings. The van der Waals surface area contributed by atoms with E-state index in [0.29, 0.717) is 17.4 Å². The highest BCUT2D eigenvalue weighted by molar-refractivity contribution is 9.10. The van der Waals surface area contributed by atoms with Crippen LogP contribution in [0.1, 0.15) is 36.5 Å². The van der Waals surface area contributed by atoms with Gasteiger partial charge in [-0.15, -0.1) is 0 Å². The maximum absolute atomic E-state index is 13.9. The number of carbonyl (C=O) groups is 2. The quantitative estimate of drug-likeness (QED) is 0.780. The van der Waals surface area contributed by atoms with Crippen LogP contribution in [0.15, 0.2) is 22.7 Å². The summed E-state index contributed by atoms with van der Waals surface area (Å²) in [4.78, 5) is 26.0. The van der Waals surface area contributed by atoms with E-state index in [2.05, 4.69) is 15.9 Å². The summed E-state index contributed by atoms with van der Waals surface area (Å²) in [7, 11) is 0. The Bertz CT molecular complexity index is 529. The summed E-state index contributed by atoms with van der Waals surface area (Å²) >= 11 is 3.20. The lowest BCUT2D eigenvalue weighted by molar-refractivity contribution is -0.149. The molecule has 0 bridgehead atoms. The molecule has 1 heterocycles. The fourth-order valence-electron chi connectivity index (χ4n) is 2.50. The van der Waals surface area contributed by atoms with Gasteiger partial charge in [-0.1, -0.05) is 6.07 Å². The second kappa shape index (κ2) is 7.02. The molecule has 1 amide bonds. The van der Waals surface area contributed by atoms with Gasteiger partial charge in [0.05, 0.1) is 12.2 Å². The predicted octanol–water partition coefficient (Wildman–Crippen LogP) is 3.15. The minimum Gasteiger partial charge on any atom is -0.464 e. The summed E-state index contributed by atoms with van der Waals surface area (Å²) in [6, 6.07) is 3.74. The number of amides is 1. The SMILES string of the molecule is CCOC(=O)C1CCCCN1C(=O)c1c(F)cccc1Br. The maximum Gasteiger partial charge on any atom is 0.328 e. The number of hydrogen-bond donors (Lipinski definition) is 0. The molecule has 1 aromatic carbocycles. The van der Waals surface area contributed by atoms with Crippen molar-refractivity contribution < 1.29 is 18.7 Å². The molecule has 1 fully saturated rings. The van der Waals surface area contributed by atoms with Crippen LogP contribution in [0.3, 0.4) is 0 Å². The Morgan fingerprint density at radius 2 is 2.19 bits per heavy atom. The van der Waals surface area contributed by atoms with Crippen molar-refractivity contribution >= 4 is 27.8 Å². The van der Waals surface area contributed by atoms with Crippen molar-refractivity contribution in [2.75, 3.05) is 13.2 Å². The third-order valence-electron chi connectivity index (χ3n) is 3.50. The van der Waals surface area contributed by atoms with E-state index in [0.717, 1.165) is 12.8 Å². The highest BCUT2D eigenvalue weighted by atomic mass is 79.9. The van der Waals surface area contributed by atoms with Gasteiger partial charge in [0.1, 0.15) is 11.9 Å². The van der Waals surface area contributed by atoms with E-state index in [1.807, 2.05) is 0 Å². The van der Waals surface area contributed by atoms with Gasteiger partial charge in [0, 0.05) is 11.0 Å². The van der Waals surface area contributed by atoms with Gasteiger partial charge in [0.2, 0.25) is 0 Å². The average molecular weight is 358 g/mol. The summed E-state index contributed by atoms with van der Waals surface area (Å²) in [6.45, 7) is 2.42. The molecule has 1 aliphatic rings. The Balaban J connectivity index is 2.29. The third-order valence-corrected chi connectivity index (χ3v) is 4.16. The maximum atomic E-state index is 13.9. The monoisotopic (exact) mass is 357 g/mol. The number of nitrogens with zero attached hydrogens (tertiary/aromatic N) is 1. The van der Waals surface area contributed by atoms with E-state index in [1.165, 1.54) is 17.0 Å². The largest absolute Gasteiger partial charge is 0.464 e. The Morgan fingerprint density at radius 3 is 2.86 bits per heavy atom.